The highest BCUT2D eigenvalue weighted by Gasteiger charge is 2.16. The zero-order valence-corrected chi connectivity index (χ0v) is 19.4. The zero-order chi connectivity index (χ0) is 22.8. The Kier molecular flexibility index (Phi) is 5.75. The van der Waals surface area contributed by atoms with Crippen LogP contribution in [0.3, 0.4) is 0 Å². The molecule has 164 valence electrons. The van der Waals surface area contributed by atoms with Gasteiger partial charge in [-0.25, -0.2) is 0 Å². The van der Waals surface area contributed by atoms with Gasteiger partial charge in [-0.05, 0) is 38.0 Å². The molecule has 0 bridgehead atoms. The molecular weight excluding hydrogens is 404 g/mol. The van der Waals surface area contributed by atoms with E-state index in [0.29, 0.717) is 13.2 Å². The lowest BCUT2D eigenvalue weighted by atomic mass is 9.99. The van der Waals surface area contributed by atoms with Crippen molar-refractivity contribution < 1.29 is 9.47 Å². The first kappa shape index (κ1) is 21.1. The average Bonchev–Trinajstić information content (AvgIpc) is 2.83. The van der Waals surface area contributed by atoms with E-state index in [1.54, 1.807) is 0 Å². The van der Waals surface area contributed by atoms with Crippen LogP contribution in [-0.4, -0.2) is 0 Å². The van der Waals surface area contributed by atoms with E-state index in [1.165, 1.54) is 16.7 Å². The lowest BCUT2D eigenvalue weighted by Gasteiger charge is -2.18. The molecule has 2 nitrogen and oxygen atoms in total. The molecule has 0 aliphatic carbocycles. The van der Waals surface area contributed by atoms with Crippen molar-refractivity contribution in [3.63, 3.8) is 0 Å². The Hall–Kier alpha value is -3.78. The second-order valence-electron chi connectivity index (χ2n) is 8.80. The summed E-state index contributed by atoms with van der Waals surface area (Å²) < 4.78 is 13.0. The quantitative estimate of drug-likeness (QED) is 0.253. The van der Waals surface area contributed by atoms with E-state index in [0.717, 1.165) is 44.2 Å². The van der Waals surface area contributed by atoms with Crippen molar-refractivity contribution in [3.05, 3.63) is 119 Å². The maximum atomic E-state index is 6.49. The molecule has 0 saturated carbocycles. The Balaban J connectivity index is 1.59. The molecule has 0 N–H and O–H groups in total. The minimum atomic E-state index is 0.525. The van der Waals surface area contributed by atoms with Gasteiger partial charge in [-0.1, -0.05) is 102 Å². The fourth-order valence-corrected chi connectivity index (χ4v) is 4.20. The molecule has 0 aliphatic heterocycles. The standard InChI is InChI=1S/C31H28O2/c1-21-8-13-24(14-9-21)19-32-30-26-6-4-5-7-27(26)31(29-18-23(3)12-17-28(29)30)33-20-25-15-10-22(2)11-16-25/h4-18H,19-20H2,1-3H3. The summed E-state index contributed by atoms with van der Waals surface area (Å²) >= 11 is 0. The molecule has 0 aromatic heterocycles. The van der Waals surface area contributed by atoms with Crippen molar-refractivity contribution in [3.8, 4) is 11.5 Å². The summed E-state index contributed by atoms with van der Waals surface area (Å²) in [6.45, 7) is 7.37. The molecule has 0 amide bonds. The Morgan fingerprint density at radius 2 is 0.879 bits per heavy atom. The van der Waals surface area contributed by atoms with Gasteiger partial charge in [0.15, 0.2) is 0 Å². The van der Waals surface area contributed by atoms with Crippen molar-refractivity contribution in [1.82, 2.24) is 0 Å². The van der Waals surface area contributed by atoms with Gasteiger partial charge in [0, 0.05) is 21.5 Å². The Labute approximate surface area is 195 Å². The van der Waals surface area contributed by atoms with Crippen molar-refractivity contribution in [1.29, 1.82) is 0 Å². The van der Waals surface area contributed by atoms with Gasteiger partial charge >= 0.3 is 0 Å². The van der Waals surface area contributed by atoms with Gasteiger partial charge in [0.1, 0.15) is 24.7 Å². The van der Waals surface area contributed by atoms with E-state index in [-0.39, 0.29) is 0 Å². The highest BCUT2D eigenvalue weighted by molar-refractivity contribution is 6.11. The molecule has 0 saturated heterocycles. The fraction of sp³-hybridized carbons (Fsp3) is 0.161. The highest BCUT2D eigenvalue weighted by atomic mass is 16.5. The van der Waals surface area contributed by atoms with Crippen molar-refractivity contribution >= 4 is 21.5 Å². The van der Waals surface area contributed by atoms with Crippen LogP contribution in [0.4, 0.5) is 0 Å². The van der Waals surface area contributed by atoms with Crippen LogP contribution < -0.4 is 9.47 Å². The monoisotopic (exact) mass is 432 g/mol. The van der Waals surface area contributed by atoms with Crippen molar-refractivity contribution in [2.75, 3.05) is 0 Å². The zero-order valence-electron chi connectivity index (χ0n) is 19.4. The first-order valence-corrected chi connectivity index (χ1v) is 11.4. The molecule has 0 radical (unpaired) electrons. The lowest BCUT2D eigenvalue weighted by Crippen LogP contribution is -2.01. The van der Waals surface area contributed by atoms with Crippen LogP contribution in [0.2, 0.25) is 0 Å². The van der Waals surface area contributed by atoms with Crippen LogP contribution in [0.15, 0.2) is 91.0 Å². The van der Waals surface area contributed by atoms with Gasteiger partial charge in [0.05, 0.1) is 0 Å². The maximum Gasteiger partial charge on any atom is 0.135 e. The maximum absolute atomic E-state index is 6.49. The molecule has 5 aromatic rings. The van der Waals surface area contributed by atoms with Gasteiger partial charge in [-0.2, -0.15) is 0 Å². The summed E-state index contributed by atoms with van der Waals surface area (Å²) in [6, 6.07) is 31.9. The topological polar surface area (TPSA) is 18.5 Å². The van der Waals surface area contributed by atoms with Gasteiger partial charge in [0.2, 0.25) is 0 Å². The SMILES string of the molecule is Cc1ccc(COc2c3ccccc3c(OCc3ccc(C)cc3)c3cc(C)ccc23)cc1. The van der Waals surface area contributed by atoms with Crippen LogP contribution in [0.1, 0.15) is 27.8 Å². The molecule has 0 fully saturated rings. The van der Waals surface area contributed by atoms with E-state index >= 15 is 0 Å². The molecule has 2 heteroatoms. The number of ether oxygens (including phenoxy) is 2. The first-order valence-electron chi connectivity index (χ1n) is 11.4. The number of aryl methyl sites for hydroxylation is 3. The van der Waals surface area contributed by atoms with Gasteiger partial charge in [0.25, 0.3) is 0 Å². The summed E-state index contributed by atoms with van der Waals surface area (Å²) in [6.07, 6.45) is 0. The van der Waals surface area contributed by atoms with E-state index in [1.807, 2.05) is 0 Å². The number of hydrogen-bond donors (Lipinski definition) is 0. The molecule has 0 atom stereocenters. The summed E-state index contributed by atoms with van der Waals surface area (Å²) in [5, 5.41) is 4.30. The van der Waals surface area contributed by atoms with Crippen molar-refractivity contribution in [2.24, 2.45) is 0 Å². The summed E-state index contributed by atoms with van der Waals surface area (Å²) in [7, 11) is 0. The van der Waals surface area contributed by atoms with Crippen LogP contribution in [-0.2, 0) is 13.2 Å². The predicted octanol–water partition coefficient (Wildman–Crippen LogP) is 8.08. The minimum Gasteiger partial charge on any atom is -0.488 e. The van der Waals surface area contributed by atoms with Gasteiger partial charge in [-0.3, -0.25) is 0 Å². The average molecular weight is 433 g/mol. The molecule has 33 heavy (non-hydrogen) atoms. The summed E-state index contributed by atoms with van der Waals surface area (Å²) in [5.74, 6) is 1.82. The van der Waals surface area contributed by atoms with E-state index < -0.39 is 0 Å². The predicted molar refractivity (Wildman–Crippen MR) is 137 cm³/mol. The largest absolute Gasteiger partial charge is 0.488 e. The molecular formula is C31H28O2. The van der Waals surface area contributed by atoms with Crippen LogP contribution in [0.5, 0.6) is 11.5 Å². The number of hydrogen-bond acceptors (Lipinski definition) is 2. The normalized spacial score (nSPS) is 11.1. The van der Waals surface area contributed by atoms with E-state index in [4.69, 9.17) is 9.47 Å². The van der Waals surface area contributed by atoms with Crippen LogP contribution >= 0.6 is 0 Å². The number of fused-ring (bicyclic) bond motifs is 2. The fourth-order valence-electron chi connectivity index (χ4n) is 4.20. The third kappa shape index (κ3) is 4.42. The number of rotatable bonds is 6. The van der Waals surface area contributed by atoms with Crippen molar-refractivity contribution in [2.45, 2.75) is 34.0 Å². The Morgan fingerprint density at radius 3 is 1.39 bits per heavy atom. The molecule has 0 heterocycles. The second-order valence-corrected chi connectivity index (χ2v) is 8.80. The third-order valence-corrected chi connectivity index (χ3v) is 6.09. The Bertz CT molecular complexity index is 1410. The van der Waals surface area contributed by atoms with E-state index in [2.05, 4.69) is 112 Å². The summed E-state index contributed by atoms with van der Waals surface area (Å²) in [4.78, 5) is 0. The van der Waals surface area contributed by atoms with E-state index in [9.17, 15) is 0 Å². The smallest absolute Gasteiger partial charge is 0.135 e. The second kappa shape index (κ2) is 8.99. The lowest BCUT2D eigenvalue weighted by molar-refractivity contribution is 0.308. The molecule has 5 aromatic carbocycles. The van der Waals surface area contributed by atoms with Gasteiger partial charge < -0.3 is 9.47 Å². The first-order chi connectivity index (χ1) is 16.1. The molecule has 5 rings (SSSR count). The minimum absolute atomic E-state index is 0.525. The molecule has 0 spiro atoms. The Morgan fingerprint density at radius 1 is 0.455 bits per heavy atom. The molecule has 0 aliphatic rings. The number of benzene rings is 5. The third-order valence-electron chi connectivity index (χ3n) is 6.09. The highest BCUT2D eigenvalue weighted by Crippen LogP contribution is 2.43. The van der Waals surface area contributed by atoms with Crippen LogP contribution in [0, 0.1) is 20.8 Å². The van der Waals surface area contributed by atoms with Gasteiger partial charge in [-0.15, -0.1) is 0 Å². The van der Waals surface area contributed by atoms with Crippen LogP contribution in [0.25, 0.3) is 21.5 Å². The summed E-state index contributed by atoms with van der Waals surface area (Å²) in [5.41, 5.74) is 6.01. The molecule has 0 unspecified atom stereocenters.